The molecule has 3 nitrogen and oxygen atoms in total. The van der Waals surface area contributed by atoms with Crippen LogP contribution in [-0.2, 0) is 6.42 Å². The number of thiophene rings is 1. The molecule has 0 unspecified atom stereocenters. The number of anilines is 3. The van der Waals surface area contributed by atoms with Gasteiger partial charge in [-0.05, 0) is 107 Å². The largest absolute Gasteiger partial charge is 0.438 e. The highest BCUT2D eigenvalue weighted by molar-refractivity contribution is 7.25. The molecule has 2 aromatic heterocycles. The molecule has 0 aliphatic carbocycles. The summed E-state index contributed by atoms with van der Waals surface area (Å²) in [6, 6.07) is 55.0. The van der Waals surface area contributed by atoms with Crippen molar-refractivity contribution in [2.75, 3.05) is 4.90 Å². The number of nitrogens with zero attached hydrogens (tertiary/aromatic N) is 2. The predicted octanol–water partition coefficient (Wildman–Crippen LogP) is 13.4. The second-order valence-electron chi connectivity index (χ2n) is 12.7. The second kappa shape index (κ2) is 11.3. The van der Waals surface area contributed by atoms with Crippen molar-refractivity contribution in [3.63, 3.8) is 0 Å². The number of aliphatic imine (C=N–C) groups is 1. The smallest absolute Gasteiger partial charge is 0.222 e. The van der Waals surface area contributed by atoms with E-state index in [4.69, 9.17) is 4.42 Å². The van der Waals surface area contributed by atoms with Crippen molar-refractivity contribution in [1.82, 2.24) is 0 Å². The van der Waals surface area contributed by atoms with Gasteiger partial charge in [0.05, 0.1) is 0 Å². The summed E-state index contributed by atoms with van der Waals surface area (Å²) in [6.07, 6.45) is 3.86. The summed E-state index contributed by atoms with van der Waals surface area (Å²) in [5.41, 5.74) is 10.2. The van der Waals surface area contributed by atoms with E-state index in [0.717, 1.165) is 41.4 Å². The first kappa shape index (κ1) is 28.1. The standard InChI is InChI=1S/C45H30N2OS/c1-2-8-29(9-3-1)32-10-6-11-35(26-32)47(36-22-24-43-40(28-36)37-12-4-5-14-42(37)49-43)34-20-17-30(18-21-34)33-16-15-31-19-23-41-44(39(31)27-33)38-13-7-25-46-45(38)48-41/h1-6,8-12,14-28H,7,13H2. The lowest BCUT2D eigenvalue weighted by Gasteiger charge is -2.26. The van der Waals surface area contributed by atoms with Gasteiger partial charge in [0.2, 0.25) is 5.88 Å². The van der Waals surface area contributed by atoms with Crippen LogP contribution in [0.3, 0.4) is 0 Å². The van der Waals surface area contributed by atoms with Gasteiger partial charge in [-0.1, -0.05) is 91.0 Å². The lowest BCUT2D eigenvalue weighted by molar-refractivity contribution is 0.618. The van der Waals surface area contributed by atoms with Gasteiger partial charge in [0.15, 0.2) is 0 Å². The molecule has 4 heteroatoms. The van der Waals surface area contributed by atoms with E-state index in [9.17, 15) is 0 Å². The minimum absolute atomic E-state index is 0.758. The molecule has 0 N–H and O–H groups in total. The zero-order chi connectivity index (χ0) is 32.3. The van der Waals surface area contributed by atoms with Gasteiger partial charge in [-0.25, -0.2) is 4.99 Å². The molecule has 0 saturated heterocycles. The Morgan fingerprint density at radius 1 is 0.531 bits per heavy atom. The topological polar surface area (TPSA) is 28.7 Å². The van der Waals surface area contributed by atoms with Crippen LogP contribution in [0, 0.1) is 0 Å². The summed E-state index contributed by atoms with van der Waals surface area (Å²) < 4.78 is 8.76. The first-order valence-electron chi connectivity index (χ1n) is 16.7. The van der Waals surface area contributed by atoms with E-state index in [1.54, 1.807) is 0 Å². The molecule has 10 rings (SSSR count). The molecule has 7 aromatic carbocycles. The van der Waals surface area contributed by atoms with E-state index in [1.165, 1.54) is 64.1 Å². The average molecular weight is 647 g/mol. The van der Waals surface area contributed by atoms with Crippen LogP contribution in [0.25, 0.3) is 64.2 Å². The molecule has 1 aliphatic heterocycles. The van der Waals surface area contributed by atoms with E-state index in [1.807, 2.05) is 17.6 Å². The van der Waals surface area contributed by atoms with E-state index in [0.29, 0.717) is 0 Å². The van der Waals surface area contributed by atoms with Gasteiger partial charge in [0, 0.05) is 54.4 Å². The molecule has 0 amide bonds. The Bertz CT molecular complexity index is 2720. The highest BCUT2D eigenvalue weighted by Crippen LogP contribution is 2.43. The van der Waals surface area contributed by atoms with Gasteiger partial charge in [-0.3, -0.25) is 0 Å². The molecule has 3 heterocycles. The van der Waals surface area contributed by atoms with Crippen LogP contribution in [0.15, 0.2) is 161 Å². The Kier molecular flexibility index (Phi) is 6.49. The second-order valence-corrected chi connectivity index (χ2v) is 13.8. The zero-order valence-electron chi connectivity index (χ0n) is 26.6. The Hall–Kier alpha value is -5.97. The van der Waals surface area contributed by atoms with Crippen molar-refractivity contribution in [3.8, 4) is 22.3 Å². The fourth-order valence-corrected chi connectivity index (χ4v) is 8.49. The molecule has 232 valence electrons. The minimum Gasteiger partial charge on any atom is -0.438 e. The summed E-state index contributed by atoms with van der Waals surface area (Å²) in [6.45, 7) is 0. The van der Waals surface area contributed by atoms with Crippen molar-refractivity contribution >= 4 is 82.4 Å². The highest BCUT2D eigenvalue weighted by Gasteiger charge is 2.19. The van der Waals surface area contributed by atoms with Gasteiger partial charge < -0.3 is 9.32 Å². The van der Waals surface area contributed by atoms with Crippen LogP contribution < -0.4 is 4.90 Å². The maximum Gasteiger partial charge on any atom is 0.222 e. The molecule has 0 fully saturated rings. The molecular weight excluding hydrogens is 617 g/mol. The van der Waals surface area contributed by atoms with E-state index in [2.05, 4.69) is 162 Å². The fourth-order valence-electron chi connectivity index (χ4n) is 7.40. The molecule has 1 aliphatic rings. The van der Waals surface area contributed by atoms with Crippen LogP contribution in [-0.4, -0.2) is 6.21 Å². The Labute approximate surface area is 288 Å². The van der Waals surface area contributed by atoms with Crippen LogP contribution in [0.2, 0.25) is 0 Å². The van der Waals surface area contributed by atoms with Crippen molar-refractivity contribution in [3.05, 3.63) is 157 Å². The summed E-state index contributed by atoms with van der Waals surface area (Å²) in [7, 11) is 0. The highest BCUT2D eigenvalue weighted by atomic mass is 32.1. The van der Waals surface area contributed by atoms with Crippen molar-refractivity contribution in [2.24, 2.45) is 4.99 Å². The minimum atomic E-state index is 0.758. The third-order valence-electron chi connectivity index (χ3n) is 9.77. The van der Waals surface area contributed by atoms with E-state index < -0.39 is 0 Å². The number of aryl methyl sites for hydroxylation is 1. The maximum atomic E-state index is 6.15. The van der Waals surface area contributed by atoms with E-state index in [-0.39, 0.29) is 0 Å². The number of rotatable bonds is 5. The quantitative estimate of drug-likeness (QED) is 0.186. The van der Waals surface area contributed by atoms with Crippen molar-refractivity contribution < 1.29 is 4.42 Å². The summed E-state index contributed by atoms with van der Waals surface area (Å²) in [5.74, 6) is 0.758. The maximum absolute atomic E-state index is 6.15. The molecule has 0 radical (unpaired) electrons. The number of fused-ring (bicyclic) bond motifs is 8. The van der Waals surface area contributed by atoms with Crippen LogP contribution in [0.5, 0.6) is 0 Å². The number of benzene rings is 7. The Morgan fingerprint density at radius 2 is 1.24 bits per heavy atom. The molecule has 9 aromatic rings. The summed E-state index contributed by atoms with van der Waals surface area (Å²) >= 11 is 1.85. The fraction of sp³-hybridized carbons (Fsp3) is 0.0444. The van der Waals surface area contributed by atoms with Gasteiger partial charge in [-0.2, -0.15) is 0 Å². The number of hydrogen-bond donors (Lipinski definition) is 0. The van der Waals surface area contributed by atoms with Crippen molar-refractivity contribution in [1.29, 1.82) is 0 Å². The molecule has 0 saturated carbocycles. The van der Waals surface area contributed by atoms with Gasteiger partial charge in [-0.15, -0.1) is 11.3 Å². The molecule has 0 bridgehead atoms. The molecule has 0 atom stereocenters. The Morgan fingerprint density at radius 3 is 2.16 bits per heavy atom. The van der Waals surface area contributed by atoms with Crippen LogP contribution in [0.1, 0.15) is 12.0 Å². The Balaban J connectivity index is 1.10. The van der Waals surface area contributed by atoms with Gasteiger partial charge in [0.1, 0.15) is 5.58 Å². The first-order chi connectivity index (χ1) is 24.3. The SMILES string of the molecule is C1=Nc2oc3ccc4ccc(-c5ccc(N(c6cccc(-c7ccccc7)c6)c6ccc7sc8ccccc8c7c6)cc5)cc4c3c2CC1. The van der Waals surface area contributed by atoms with E-state index >= 15 is 0 Å². The van der Waals surface area contributed by atoms with Gasteiger partial charge in [0.25, 0.3) is 0 Å². The normalized spacial score (nSPS) is 12.7. The van der Waals surface area contributed by atoms with Crippen LogP contribution in [0.4, 0.5) is 22.9 Å². The molecular formula is C45H30N2OS. The average Bonchev–Trinajstić information content (AvgIpc) is 3.74. The van der Waals surface area contributed by atoms with Crippen LogP contribution >= 0.6 is 11.3 Å². The number of furan rings is 1. The molecule has 49 heavy (non-hydrogen) atoms. The monoisotopic (exact) mass is 646 g/mol. The first-order valence-corrected chi connectivity index (χ1v) is 17.6. The third-order valence-corrected chi connectivity index (χ3v) is 10.9. The number of hydrogen-bond acceptors (Lipinski definition) is 4. The predicted molar refractivity (Wildman–Crippen MR) is 209 cm³/mol. The third kappa shape index (κ3) is 4.75. The zero-order valence-corrected chi connectivity index (χ0v) is 27.5. The lowest BCUT2D eigenvalue weighted by Crippen LogP contribution is -2.10. The van der Waals surface area contributed by atoms with Crippen molar-refractivity contribution in [2.45, 2.75) is 12.8 Å². The summed E-state index contributed by atoms with van der Waals surface area (Å²) in [4.78, 5) is 6.93. The molecule has 0 spiro atoms. The lowest BCUT2D eigenvalue weighted by atomic mass is 9.96. The van der Waals surface area contributed by atoms with Gasteiger partial charge >= 0.3 is 0 Å². The summed E-state index contributed by atoms with van der Waals surface area (Å²) in [5, 5.41) is 6.22.